The summed E-state index contributed by atoms with van der Waals surface area (Å²) in [6, 6.07) is 3.82. The van der Waals surface area contributed by atoms with Crippen LogP contribution in [0.3, 0.4) is 0 Å². The van der Waals surface area contributed by atoms with Crippen molar-refractivity contribution in [3.63, 3.8) is 0 Å². The summed E-state index contributed by atoms with van der Waals surface area (Å²) in [7, 11) is 0. The zero-order valence-electron chi connectivity index (χ0n) is 14.3. The van der Waals surface area contributed by atoms with Gasteiger partial charge in [0.05, 0.1) is 6.54 Å². The van der Waals surface area contributed by atoms with Crippen molar-refractivity contribution in [2.45, 2.75) is 45.6 Å². The topological polar surface area (TPSA) is 32.3 Å². The standard InChI is InChI=1S/C19H26F2N2O/c1-2-23(13-16-17(20)9-6-10-18(16)21)14-19(24)22-12-11-15-7-4-3-5-8-15/h6-7,9-10H,2-5,8,11-14H2,1H3,(H,22,24). The summed E-state index contributed by atoms with van der Waals surface area (Å²) >= 11 is 0. The first kappa shape index (κ1) is 18.6. The van der Waals surface area contributed by atoms with Crippen LogP contribution in [0.15, 0.2) is 29.8 Å². The van der Waals surface area contributed by atoms with Gasteiger partial charge in [-0.05, 0) is 50.8 Å². The second-order valence-electron chi connectivity index (χ2n) is 6.21. The Labute approximate surface area is 142 Å². The van der Waals surface area contributed by atoms with Crippen LogP contribution in [0.2, 0.25) is 0 Å². The molecule has 0 radical (unpaired) electrons. The van der Waals surface area contributed by atoms with E-state index in [1.54, 1.807) is 4.90 Å². The van der Waals surface area contributed by atoms with Crippen molar-refractivity contribution < 1.29 is 13.6 Å². The minimum Gasteiger partial charge on any atom is -0.355 e. The molecule has 1 amide bonds. The molecule has 0 saturated heterocycles. The summed E-state index contributed by atoms with van der Waals surface area (Å²) in [4.78, 5) is 13.8. The van der Waals surface area contributed by atoms with Crippen LogP contribution >= 0.6 is 0 Å². The molecule has 1 aliphatic rings. The first-order valence-electron chi connectivity index (χ1n) is 8.70. The van der Waals surface area contributed by atoms with Crippen LogP contribution in [0.1, 0.15) is 44.6 Å². The number of amides is 1. The Bertz CT molecular complexity index is 566. The van der Waals surface area contributed by atoms with Crippen LogP contribution in [0, 0.1) is 11.6 Å². The number of likely N-dealkylation sites (N-methyl/N-ethyl adjacent to an activating group) is 1. The van der Waals surface area contributed by atoms with E-state index in [0.29, 0.717) is 13.1 Å². The van der Waals surface area contributed by atoms with Gasteiger partial charge in [-0.15, -0.1) is 0 Å². The van der Waals surface area contributed by atoms with Crippen LogP contribution in [0.5, 0.6) is 0 Å². The first-order valence-corrected chi connectivity index (χ1v) is 8.70. The summed E-state index contributed by atoms with van der Waals surface area (Å²) in [5, 5.41) is 2.90. The number of benzene rings is 1. The molecule has 0 spiro atoms. The van der Waals surface area contributed by atoms with Crippen molar-refractivity contribution in [2.75, 3.05) is 19.6 Å². The minimum atomic E-state index is -0.571. The van der Waals surface area contributed by atoms with Crippen LogP contribution in [0.25, 0.3) is 0 Å². The molecule has 1 N–H and O–H groups in total. The van der Waals surface area contributed by atoms with E-state index in [-0.39, 0.29) is 24.6 Å². The van der Waals surface area contributed by atoms with Gasteiger partial charge in [0.2, 0.25) is 5.91 Å². The number of nitrogens with zero attached hydrogens (tertiary/aromatic N) is 1. The third-order valence-corrected chi connectivity index (χ3v) is 4.41. The maximum Gasteiger partial charge on any atom is 0.234 e. The second kappa shape index (κ2) is 9.52. The number of rotatable bonds is 8. The molecule has 5 heteroatoms. The molecule has 24 heavy (non-hydrogen) atoms. The number of nitrogens with one attached hydrogen (secondary N) is 1. The van der Waals surface area contributed by atoms with Gasteiger partial charge < -0.3 is 5.32 Å². The quantitative estimate of drug-likeness (QED) is 0.733. The molecule has 2 rings (SSSR count). The van der Waals surface area contributed by atoms with Crippen molar-refractivity contribution in [1.29, 1.82) is 0 Å². The van der Waals surface area contributed by atoms with Crippen LogP contribution in [-0.4, -0.2) is 30.4 Å². The summed E-state index contributed by atoms with van der Waals surface area (Å²) < 4.78 is 27.4. The first-order chi connectivity index (χ1) is 11.6. The molecule has 0 saturated carbocycles. The highest BCUT2D eigenvalue weighted by Gasteiger charge is 2.15. The molecule has 0 aromatic heterocycles. The molecule has 132 valence electrons. The van der Waals surface area contributed by atoms with Crippen LogP contribution in [-0.2, 0) is 11.3 Å². The van der Waals surface area contributed by atoms with Crippen molar-refractivity contribution >= 4 is 5.91 Å². The Hall–Kier alpha value is -1.75. The monoisotopic (exact) mass is 336 g/mol. The Morgan fingerprint density at radius 3 is 2.62 bits per heavy atom. The van der Waals surface area contributed by atoms with Crippen molar-refractivity contribution in [3.8, 4) is 0 Å². The van der Waals surface area contributed by atoms with E-state index in [0.717, 1.165) is 19.3 Å². The fourth-order valence-electron chi connectivity index (χ4n) is 2.94. The number of allylic oxidation sites excluding steroid dienone is 1. The highest BCUT2D eigenvalue weighted by Crippen LogP contribution is 2.19. The minimum absolute atomic E-state index is 0.0134. The van der Waals surface area contributed by atoms with Crippen molar-refractivity contribution in [3.05, 3.63) is 47.0 Å². The van der Waals surface area contributed by atoms with Gasteiger partial charge in [0, 0.05) is 18.7 Å². The summed E-state index contributed by atoms with van der Waals surface area (Å²) in [5.41, 5.74) is 1.43. The van der Waals surface area contributed by atoms with Gasteiger partial charge in [-0.1, -0.05) is 24.6 Å². The predicted molar refractivity (Wildman–Crippen MR) is 91.5 cm³/mol. The largest absolute Gasteiger partial charge is 0.355 e. The highest BCUT2D eigenvalue weighted by molar-refractivity contribution is 5.78. The molecule has 3 nitrogen and oxygen atoms in total. The van der Waals surface area contributed by atoms with Crippen molar-refractivity contribution in [1.82, 2.24) is 10.2 Å². The molecule has 0 bridgehead atoms. The molecule has 0 unspecified atom stereocenters. The van der Waals surface area contributed by atoms with Crippen molar-refractivity contribution in [2.24, 2.45) is 0 Å². The SMILES string of the molecule is CCN(CC(=O)NCCC1=CCCCC1)Cc1c(F)cccc1F. The number of carbonyl (C=O) groups excluding carboxylic acids is 1. The third-order valence-electron chi connectivity index (χ3n) is 4.41. The summed E-state index contributed by atoms with van der Waals surface area (Å²) in [6.07, 6.45) is 7.92. The zero-order chi connectivity index (χ0) is 17.4. The fraction of sp³-hybridized carbons (Fsp3) is 0.526. The van der Waals surface area contributed by atoms with Gasteiger partial charge in [0.15, 0.2) is 0 Å². The predicted octanol–water partition coefficient (Wildman–Crippen LogP) is 3.79. The normalized spacial score (nSPS) is 14.6. The number of halogens is 2. The smallest absolute Gasteiger partial charge is 0.234 e. The molecule has 1 aromatic rings. The lowest BCUT2D eigenvalue weighted by Gasteiger charge is -2.21. The van der Waals surface area contributed by atoms with Gasteiger partial charge in [-0.2, -0.15) is 0 Å². The molecule has 0 aliphatic heterocycles. The highest BCUT2D eigenvalue weighted by atomic mass is 19.1. The van der Waals surface area contributed by atoms with E-state index in [2.05, 4.69) is 11.4 Å². The van der Waals surface area contributed by atoms with Gasteiger partial charge in [-0.25, -0.2) is 8.78 Å². The lowest BCUT2D eigenvalue weighted by Crippen LogP contribution is -2.37. The molecule has 0 fully saturated rings. The third kappa shape index (κ3) is 5.71. The maximum absolute atomic E-state index is 13.7. The molecule has 1 aromatic carbocycles. The number of hydrogen-bond acceptors (Lipinski definition) is 2. The van der Waals surface area contributed by atoms with Crippen LogP contribution < -0.4 is 5.32 Å². The molecule has 0 heterocycles. The molecular formula is C19H26F2N2O. The van der Waals surface area contributed by atoms with Crippen LogP contribution in [0.4, 0.5) is 8.78 Å². The average Bonchev–Trinajstić information content (AvgIpc) is 2.58. The molecular weight excluding hydrogens is 310 g/mol. The van der Waals surface area contributed by atoms with Gasteiger partial charge in [0.25, 0.3) is 0 Å². The van der Waals surface area contributed by atoms with E-state index in [1.165, 1.54) is 36.6 Å². The Morgan fingerprint density at radius 1 is 1.25 bits per heavy atom. The molecule has 0 atom stereocenters. The Kier molecular flexibility index (Phi) is 7.37. The van der Waals surface area contributed by atoms with Gasteiger partial charge in [0.1, 0.15) is 11.6 Å². The van der Waals surface area contributed by atoms with E-state index < -0.39 is 11.6 Å². The average molecular weight is 336 g/mol. The van der Waals surface area contributed by atoms with E-state index in [4.69, 9.17) is 0 Å². The fourth-order valence-corrected chi connectivity index (χ4v) is 2.94. The van der Waals surface area contributed by atoms with E-state index in [1.807, 2.05) is 6.92 Å². The summed E-state index contributed by atoms with van der Waals surface area (Å²) in [5.74, 6) is -1.25. The van der Waals surface area contributed by atoms with E-state index >= 15 is 0 Å². The molecule has 1 aliphatic carbocycles. The zero-order valence-corrected chi connectivity index (χ0v) is 14.3. The second-order valence-corrected chi connectivity index (χ2v) is 6.21. The van der Waals surface area contributed by atoms with Gasteiger partial charge >= 0.3 is 0 Å². The van der Waals surface area contributed by atoms with E-state index in [9.17, 15) is 13.6 Å². The van der Waals surface area contributed by atoms with Gasteiger partial charge in [-0.3, -0.25) is 9.69 Å². The maximum atomic E-state index is 13.7. The number of carbonyl (C=O) groups is 1. The lowest BCUT2D eigenvalue weighted by molar-refractivity contribution is -0.122. The summed E-state index contributed by atoms with van der Waals surface area (Å²) in [6.45, 7) is 3.28. The number of hydrogen-bond donors (Lipinski definition) is 1. The Morgan fingerprint density at radius 2 is 2.00 bits per heavy atom. The lowest BCUT2D eigenvalue weighted by atomic mass is 9.97. The Balaban J connectivity index is 1.79.